The molecule has 0 aliphatic heterocycles. The van der Waals surface area contributed by atoms with E-state index in [1.165, 1.54) is 26.4 Å². The van der Waals surface area contributed by atoms with Gasteiger partial charge in [0.15, 0.2) is 0 Å². The number of benzene rings is 1. The van der Waals surface area contributed by atoms with Gasteiger partial charge in [-0.3, -0.25) is 0 Å². The second-order valence-corrected chi connectivity index (χ2v) is 6.39. The first-order chi connectivity index (χ1) is 9.66. The van der Waals surface area contributed by atoms with Crippen molar-refractivity contribution < 1.29 is 9.53 Å². The molecule has 0 radical (unpaired) electrons. The highest BCUT2D eigenvalue weighted by Crippen LogP contribution is 2.32. The highest BCUT2D eigenvalue weighted by atomic mass is 79.9. The van der Waals surface area contributed by atoms with Gasteiger partial charge in [-0.2, -0.15) is 0 Å². The minimum absolute atomic E-state index is 0.139. The van der Waals surface area contributed by atoms with Crippen LogP contribution in [0.25, 0.3) is 0 Å². The van der Waals surface area contributed by atoms with Gasteiger partial charge in [0.1, 0.15) is 5.54 Å². The fourth-order valence-electron chi connectivity index (χ4n) is 2.93. The van der Waals surface area contributed by atoms with E-state index in [9.17, 15) is 4.79 Å². The molecule has 1 aromatic rings. The molecule has 0 unspecified atom stereocenters. The molecule has 0 spiro atoms. The van der Waals surface area contributed by atoms with Crippen molar-refractivity contribution in [3.8, 4) is 0 Å². The normalized spacial score (nSPS) is 18.7. The third-order valence-electron chi connectivity index (χ3n) is 3.99. The predicted molar refractivity (Wildman–Crippen MR) is 84.8 cm³/mol. The van der Waals surface area contributed by atoms with Crippen LogP contribution in [-0.2, 0) is 9.53 Å². The molecular weight excluding hydrogens is 318 g/mol. The van der Waals surface area contributed by atoms with Crippen LogP contribution in [0.4, 0.5) is 5.69 Å². The van der Waals surface area contributed by atoms with Crippen LogP contribution in [0.15, 0.2) is 28.7 Å². The summed E-state index contributed by atoms with van der Waals surface area (Å²) in [5.74, 6) is -0.139. The zero-order chi connectivity index (χ0) is 14.4. The fourth-order valence-corrected chi connectivity index (χ4v) is 3.33. The zero-order valence-electron chi connectivity index (χ0n) is 12.0. The molecule has 110 valence electrons. The molecule has 1 fully saturated rings. The smallest absolute Gasteiger partial charge is 0.331 e. The largest absolute Gasteiger partial charge is 0.467 e. The van der Waals surface area contributed by atoms with Crippen molar-refractivity contribution in [1.82, 2.24) is 0 Å². The number of hydrogen-bond acceptors (Lipinski definition) is 3. The van der Waals surface area contributed by atoms with Crippen LogP contribution in [0.5, 0.6) is 0 Å². The molecule has 20 heavy (non-hydrogen) atoms. The van der Waals surface area contributed by atoms with Crippen LogP contribution in [-0.4, -0.2) is 18.6 Å². The van der Waals surface area contributed by atoms with Gasteiger partial charge in [0.25, 0.3) is 0 Å². The SMILES string of the molecule is COC(=O)C1(Nc2cccc(Br)c2)CCCCCCC1. The Hall–Kier alpha value is -1.03. The van der Waals surface area contributed by atoms with Gasteiger partial charge < -0.3 is 10.1 Å². The number of nitrogens with one attached hydrogen (secondary N) is 1. The second kappa shape index (κ2) is 7.11. The van der Waals surface area contributed by atoms with Crippen molar-refractivity contribution in [3.63, 3.8) is 0 Å². The second-order valence-electron chi connectivity index (χ2n) is 5.48. The van der Waals surface area contributed by atoms with Crippen molar-refractivity contribution in [2.75, 3.05) is 12.4 Å². The van der Waals surface area contributed by atoms with Crippen LogP contribution in [0.1, 0.15) is 44.9 Å². The Morgan fingerprint density at radius 3 is 2.45 bits per heavy atom. The maximum Gasteiger partial charge on any atom is 0.331 e. The van der Waals surface area contributed by atoms with Gasteiger partial charge in [0.05, 0.1) is 7.11 Å². The topological polar surface area (TPSA) is 38.3 Å². The van der Waals surface area contributed by atoms with Gasteiger partial charge >= 0.3 is 5.97 Å². The van der Waals surface area contributed by atoms with Crippen molar-refractivity contribution >= 4 is 27.6 Å². The summed E-state index contributed by atoms with van der Waals surface area (Å²) >= 11 is 3.47. The first kappa shape index (κ1) is 15.4. The quantitative estimate of drug-likeness (QED) is 0.823. The van der Waals surface area contributed by atoms with Crippen molar-refractivity contribution in [1.29, 1.82) is 0 Å². The van der Waals surface area contributed by atoms with E-state index in [-0.39, 0.29) is 5.97 Å². The summed E-state index contributed by atoms with van der Waals surface area (Å²) in [5.41, 5.74) is 0.390. The summed E-state index contributed by atoms with van der Waals surface area (Å²) in [6.45, 7) is 0. The van der Waals surface area contributed by atoms with Gasteiger partial charge in [-0.15, -0.1) is 0 Å². The molecule has 4 heteroatoms. The molecule has 0 atom stereocenters. The highest BCUT2D eigenvalue weighted by Gasteiger charge is 2.39. The molecule has 2 rings (SSSR count). The molecule has 1 saturated carbocycles. The first-order valence-electron chi connectivity index (χ1n) is 7.28. The molecule has 3 nitrogen and oxygen atoms in total. The minimum Gasteiger partial charge on any atom is -0.467 e. The van der Waals surface area contributed by atoms with Gasteiger partial charge in [0.2, 0.25) is 0 Å². The van der Waals surface area contributed by atoms with E-state index in [4.69, 9.17) is 4.74 Å². The van der Waals surface area contributed by atoms with E-state index in [1.54, 1.807) is 0 Å². The van der Waals surface area contributed by atoms with E-state index in [2.05, 4.69) is 21.2 Å². The van der Waals surface area contributed by atoms with E-state index in [1.807, 2.05) is 24.3 Å². The average Bonchev–Trinajstić information content (AvgIpc) is 2.41. The Balaban J connectivity index is 2.23. The Bertz CT molecular complexity index is 454. The predicted octanol–water partition coefficient (Wildman–Crippen LogP) is 4.52. The highest BCUT2D eigenvalue weighted by molar-refractivity contribution is 9.10. The summed E-state index contributed by atoms with van der Waals surface area (Å²) in [6.07, 6.45) is 7.47. The Morgan fingerprint density at radius 1 is 1.20 bits per heavy atom. The van der Waals surface area contributed by atoms with E-state index < -0.39 is 5.54 Å². The first-order valence-corrected chi connectivity index (χ1v) is 8.08. The van der Waals surface area contributed by atoms with E-state index in [0.717, 1.165) is 35.8 Å². The lowest BCUT2D eigenvalue weighted by Gasteiger charge is -2.34. The van der Waals surface area contributed by atoms with Crippen LogP contribution in [0.2, 0.25) is 0 Å². The molecule has 0 heterocycles. The molecular formula is C16H22BrNO2. The number of hydrogen-bond donors (Lipinski definition) is 1. The van der Waals surface area contributed by atoms with Crippen molar-refractivity contribution in [2.24, 2.45) is 0 Å². The number of carbonyl (C=O) groups is 1. The van der Waals surface area contributed by atoms with E-state index >= 15 is 0 Å². The standard InChI is InChI=1S/C16H22BrNO2/c1-20-15(19)16(10-5-3-2-4-6-11-16)18-14-9-7-8-13(17)12-14/h7-9,12,18H,2-6,10-11H2,1H3. The van der Waals surface area contributed by atoms with Gasteiger partial charge in [-0.25, -0.2) is 4.79 Å². The Morgan fingerprint density at radius 2 is 1.85 bits per heavy atom. The summed E-state index contributed by atoms with van der Waals surface area (Å²) < 4.78 is 6.09. The van der Waals surface area contributed by atoms with Crippen LogP contribution in [0, 0.1) is 0 Å². The summed E-state index contributed by atoms with van der Waals surface area (Å²) in [5, 5.41) is 3.45. The monoisotopic (exact) mass is 339 g/mol. The zero-order valence-corrected chi connectivity index (χ0v) is 13.5. The molecule has 0 saturated heterocycles. The van der Waals surface area contributed by atoms with Crippen LogP contribution >= 0.6 is 15.9 Å². The molecule has 1 N–H and O–H groups in total. The molecule has 1 aliphatic carbocycles. The van der Waals surface area contributed by atoms with E-state index in [0.29, 0.717) is 0 Å². The molecule has 0 amide bonds. The number of anilines is 1. The maximum atomic E-state index is 12.3. The number of rotatable bonds is 3. The molecule has 1 aliphatic rings. The molecule has 0 bridgehead atoms. The minimum atomic E-state index is -0.573. The van der Waals surface area contributed by atoms with Gasteiger partial charge in [0, 0.05) is 10.2 Å². The summed E-state index contributed by atoms with van der Waals surface area (Å²) in [7, 11) is 1.48. The lowest BCUT2D eigenvalue weighted by Crippen LogP contribution is -2.47. The average molecular weight is 340 g/mol. The fraction of sp³-hybridized carbons (Fsp3) is 0.562. The van der Waals surface area contributed by atoms with Crippen LogP contribution < -0.4 is 5.32 Å². The number of esters is 1. The third-order valence-corrected chi connectivity index (χ3v) is 4.48. The Labute approximate surface area is 129 Å². The number of carbonyl (C=O) groups excluding carboxylic acids is 1. The summed E-state index contributed by atoms with van der Waals surface area (Å²) in [6, 6.07) is 7.95. The van der Waals surface area contributed by atoms with Crippen LogP contribution in [0.3, 0.4) is 0 Å². The van der Waals surface area contributed by atoms with Crippen molar-refractivity contribution in [2.45, 2.75) is 50.5 Å². The maximum absolute atomic E-state index is 12.3. The lowest BCUT2D eigenvalue weighted by atomic mass is 9.83. The molecule has 1 aromatic carbocycles. The number of ether oxygens (including phenoxy) is 1. The van der Waals surface area contributed by atoms with Gasteiger partial charge in [-0.05, 0) is 31.0 Å². The van der Waals surface area contributed by atoms with Crippen molar-refractivity contribution in [3.05, 3.63) is 28.7 Å². The third kappa shape index (κ3) is 3.75. The van der Waals surface area contributed by atoms with Gasteiger partial charge in [-0.1, -0.05) is 54.1 Å². The lowest BCUT2D eigenvalue weighted by molar-refractivity contribution is -0.146. The summed E-state index contributed by atoms with van der Waals surface area (Å²) in [4.78, 5) is 12.3. The Kier molecular flexibility index (Phi) is 5.46. The molecule has 0 aromatic heterocycles. The number of halogens is 1. The number of methoxy groups -OCH3 is 1.